The Morgan fingerprint density at radius 2 is 1.69 bits per heavy atom. The standard InChI is InChI=1S/C26H21N3O4S2/c1-17-9-12-20(29(32)33)16-22(17)28-26(31)24(18-6-3-2-4-7-18)35-21-13-10-19(11-14-21)27-25(30)23-8-5-15-34-23/h2-16,24H,1H3,(H,27,30)(H,28,31). The number of rotatable bonds is 8. The summed E-state index contributed by atoms with van der Waals surface area (Å²) in [5.41, 5.74) is 2.49. The van der Waals surface area contributed by atoms with Crippen LogP contribution in [0.1, 0.15) is 26.0 Å². The number of nitrogens with zero attached hydrogens (tertiary/aromatic N) is 1. The largest absolute Gasteiger partial charge is 0.324 e. The van der Waals surface area contributed by atoms with E-state index in [-0.39, 0.29) is 17.5 Å². The highest BCUT2D eigenvalue weighted by molar-refractivity contribution is 8.00. The van der Waals surface area contributed by atoms with Crippen LogP contribution in [0.3, 0.4) is 0 Å². The molecule has 4 rings (SSSR count). The summed E-state index contributed by atoms with van der Waals surface area (Å²) >= 11 is 2.72. The van der Waals surface area contributed by atoms with Gasteiger partial charge in [0.15, 0.2) is 0 Å². The zero-order valence-corrected chi connectivity index (χ0v) is 20.3. The summed E-state index contributed by atoms with van der Waals surface area (Å²) in [5.74, 6) is -0.464. The van der Waals surface area contributed by atoms with Crippen LogP contribution in [0.2, 0.25) is 0 Å². The lowest BCUT2D eigenvalue weighted by Gasteiger charge is -2.18. The first-order valence-electron chi connectivity index (χ1n) is 10.6. The number of nitro groups is 1. The molecule has 7 nitrogen and oxygen atoms in total. The third-order valence-electron chi connectivity index (χ3n) is 5.14. The normalized spacial score (nSPS) is 11.5. The van der Waals surface area contributed by atoms with E-state index in [9.17, 15) is 19.7 Å². The summed E-state index contributed by atoms with van der Waals surface area (Å²) in [7, 11) is 0. The molecule has 0 aliphatic heterocycles. The molecule has 1 heterocycles. The van der Waals surface area contributed by atoms with Crippen molar-refractivity contribution in [2.75, 3.05) is 10.6 Å². The van der Waals surface area contributed by atoms with Gasteiger partial charge in [0.1, 0.15) is 5.25 Å². The van der Waals surface area contributed by atoms with Gasteiger partial charge in [0.05, 0.1) is 15.5 Å². The van der Waals surface area contributed by atoms with Crippen molar-refractivity contribution in [3.05, 3.63) is 116 Å². The van der Waals surface area contributed by atoms with Crippen LogP contribution in [0.4, 0.5) is 17.1 Å². The number of thioether (sulfide) groups is 1. The van der Waals surface area contributed by atoms with E-state index in [4.69, 9.17) is 0 Å². The third-order valence-corrected chi connectivity index (χ3v) is 7.28. The number of amides is 2. The number of anilines is 2. The van der Waals surface area contributed by atoms with Crippen molar-refractivity contribution < 1.29 is 14.5 Å². The Hall–Kier alpha value is -3.95. The molecule has 0 spiro atoms. The average Bonchev–Trinajstić information content (AvgIpc) is 3.40. The van der Waals surface area contributed by atoms with Gasteiger partial charge in [0.25, 0.3) is 11.6 Å². The Morgan fingerprint density at radius 1 is 0.943 bits per heavy atom. The maximum atomic E-state index is 13.3. The van der Waals surface area contributed by atoms with Crippen LogP contribution in [0.5, 0.6) is 0 Å². The summed E-state index contributed by atoms with van der Waals surface area (Å²) in [6.07, 6.45) is 0. The van der Waals surface area contributed by atoms with Crippen LogP contribution in [-0.4, -0.2) is 16.7 Å². The minimum Gasteiger partial charge on any atom is -0.324 e. The fourth-order valence-corrected chi connectivity index (χ4v) is 4.95. The van der Waals surface area contributed by atoms with Crippen molar-refractivity contribution in [2.45, 2.75) is 17.1 Å². The molecule has 35 heavy (non-hydrogen) atoms. The van der Waals surface area contributed by atoms with Gasteiger partial charge in [-0.05, 0) is 53.8 Å². The number of carbonyl (C=O) groups excluding carboxylic acids is 2. The predicted octanol–water partition coefficient (Wildman–Crippen LogP) is 6.69. The summed E-state index contributed by atoms with van der Waals surface area (Å²) in [5, 5.41) is 18.1. The number of nitrogens with one attached hydrogen (secondary N) is 2. The van der Waals surface area contributed by atoms with E-state index in [1.807, 2.05) is 53.9 Å². The monoisotopic (exact) mass is 503 g/mol. The second-order valence-corrected chi connectivity index (χ2v) is 9.74. The highest BCUT2D eigenvalue weighted by Crippen LogP contribution is 2.37. The molecule has 4 aromatic rings. The van der Waals surface area contributed by atoms with E-state index in [2.05, 4.69) is 10.6 Å². The van der Waals surface area contributed by atoms with Crippen molar-refractivity contribution in [1.29, 1.82) is 0 Å². The number of non-ortho nitro benzene ring substituents is 1. The van der Waals surface area contributed by atoms with Crippen molar-refractivity contribution >= 4 is 52.0 Å². The third kappa shape index (κ3) is 6.14. The number of thiophene rings is 1. The lowest BCUT2D eigenvalue weighted by Crippen LogP contribution is -2.19. The van der Waals surface area contributed by atoms with Crippen LogP contribution < -0.4 is 10.6 Å². The predicted molar refractivity (Wildman–Crippen MR) is 140 cm³/mol. The lowest BCUT2D eigenvalue weighted by molar-refractivity contribution is -0.384. The minimum absolute atomic E-state index is 0.0880. The number of aryl methyl sites for hydroxylation is 1. The molecule has 0 fully saturated rings. The fraction of sp³-hybridized carbons (Fsp3) is 0.0769. The number of nitro benzene ring substituents is 1. The topological polar surface area (TPSA) is 101 Å². The minimum atomic E-state index is -0.596. The van der Waals surface area contributed by atoms with Gasteiger partial charge in [0.2, 0.25) is 5.91 Å². The van der Waals surface area contributed by atoms with E-state index in [0.29, 0.717) is 16.3 Å². The fourth-order valence-electron chi connectivity index (χ4n) is 3.31. The molecule has 1 aromatic heterocycles. The Labute approximate surface area is 210 Å². The first kappa shape index (κ1) is 24.2. The zero-order chi connectivity index (χ0) is 24.8. The maximum Gasteiger partial charge on any atom is 0.271 e. The van der Waals surface area contributed by atoms with Gasteiger partial charge in [-0.2, -0.15) is 0 Å². The summed E-state index contributed by atoms with van der Waals surface area (Å²) < 4.78 is 0. The van der Waals surface area contributed by atoms with E-state index in [1.165, 1.54) is 35.2 Å². The van der Waals surface area contributed by atoms with E-state index >= 15 is 0 Å². The van der Waals surface area contributed by atoms with Gasteiger partial charge in [-0.1, -0.05) is 42.5 Å². The molecule has 2 N–H and O–H groups in total. The van der Waals surface area contributed by atoms with E-state index in [1.54, 1.807) is 31.2 Å². The molecule has 176 valence electrons. The molecule has 0 radical (unpaired) electrons. The molecule has 0 saturated carbocycles. The number of hydrogen-bond acceptors (Lipinski definition) is 6. The lowest BCUT2D eigenvalue weighted by atomic mass is 10.1. The van der Waals surface area contributed by atoms with Crippen LogP contribution >= 0.6 is 23.1 Å². The molecule has 0 bridgehead atoms. The van der Waals surface area contributed by atoms with Crippen LogP contribution in [-0.2, 0) is 4.79 Å². The number of carbonyl (C=O) groups is 2. The molecule has 9 heteroatoms. The van der Waals surface area contributed by atoms with Crippen molar-refractivity contribution in [3.63, 3.8) is 0 Å². The highest BCUT2D eigenvalue weighted by Gasteiger charge is 2.23. The van der Waals surface area contributed by atoms with Crippen molar-refractivity contribution in [3.8, 4) is 0 Å². The molecule has 1 atom stereocenters. The molecule has 1 unspecified atom stereocenters. The molecule has 0 saturated heterocycles. The summed E-state index contributed by atoms with van der Waals surface area (Å²) in [4.78, 5) is 37.8. The number of hydrogen-bond donors (Lipinski definition) is 2. The maximum absolute atomic E-state index is 13.3. The van der Waals surface area contributed by atoms with Gasteiger partial charge in [0, 0.05) is 22.7 Å². The first-order valence-corrected chi connectivity index (χ1v) is 12.4. The van der Waals surface area contributed by atoms with E-state index < -0.39 is 10.2 Å². The van der Waals surface area contributed by atoms with Gasteiger partial charge >= 0.3 is 0 Å². The second-order valence-electron chi connectivity index (χ2n) is 7.61. The van der Waals surface area contributed by atoms with E-state index in [0.717, 1.165) is 16.0 Å². The Balaban J connectivity index is 1.53. The first-order chi connectivity index (χ1) is 16.9. The van der Waals surface area contributed by atoms with Gasteiger partial charge in [-0.3, -0.25) is 19.7 Å². The van der Waals surface area contributed by atoms with Crippen LogP contribution in [0.15, 0.2) is 95.2 Å². The zero-order valence-electron chi connectivity index (χ0n) is 18.6. The van der Waals surface area contributed by atoms with Gasteiger partial charge in [-0.25, -0.2) is 0 Å². The molecule has 0 aliphatic carbocycles. The van der Waals surface area contributed by atoms with Crippen LogP contribution in [0, 0.1) is 17.0 Å². The molecule has 2 amide bonds. The molecular weight excluding hydrogens is 482 g/mol. The number of benzene rings is 3. The van der Waals surface area contributed by atoms with Crippen molar-refractivity contribution in [1.82, 2.24) is 0 Å². The molecular formula is C26H21N3O4S2. The molecule has 0 aliphatic rings. The van der Waals surface area contributed by atoms with Gasteiger partial charge in [-0.15, -0.1) is 23.1 Å². The van der Waals surface area contributed by atoms with Gasteiger partial charge < -0.3 is 10.6 Å². The van der Waals surface area contributed by atoms with Crippen molar-refractivity contribution in [2.24, 2.45) is 0 Å². The smallest absolute Gasteiger partial charge is 0.271 e. The Bertz CT molecular complexity index is 1340. The quantitative estimate of drug-likeness (QED) is 0.158. The highest BCUT2D eigenvalue weighted by atomic mass is 32.2. The van der Waals surface area contributed by atoms with Crippen LogP contribution in [0.25, 0.3) is 0 Å². The molecule has 3 aromatic carbocycles. The Kier molecular flexibility index (Phi) is 7.59. The Morgan fingerprint density at radius 3 is 2.34 bits per heavy atom. The SMILES string of the molecule is Cc1ccc([N+](=O)[O-])cc1NC(=O)C(Sc1ccc(NC(=O)c2cccs2)cc1)c1ccccc1. The second kappa shape index (κ2) is 11.0. The summed E-state index contributed by atoms with van der Waals surface area (Å²) in [6, 6.07) is 24.6. The summed E-state index contributed by atoms with van der Waals surface area (Å²) in [6.45, 7) is 1.78. The average molecular weight is 504 g/mol.